The molecule has 0 amide bonds. The fourth-order valence-corrected chi connectivity index (χ4v) is 2.00. The van der Waals surface area contributed by atoms with Crippen molar-refractivity contribution in [3.8, 4) is 0 Å². The van der Waals surface area contributed by atoms with Crippen LogP contribution in [0, 0.1) is 5.92 Å². The van der Waals surface area contributed by atoms with Crippen LogP contribution in [0.25, 0.3) is 0 Å². The highest BCUT2D eigenvalue weighted by Crippen LogP contribution is 2.31. The van der Waals surface area contributed by atoms with Gasteiger partial charge in [-0.25, -0.2) is 0 Å². The molecule has 0 aliphatic heterocycles. The number of halogens is 1. The van der Waals surface area contributed by atoms with Gasteiger partial charge < -0.3 is 4.42 Å². The highest BCUT2D eigenvalue weighted by Gasteiger charge is 2.22. The van der Waals surface area contributed by atoms with E-state index in [1.807, 2.05) is 6.07 Å². The third-order valence-electron chi connectivity index (χ3n) is 2.68. The van der Waals surface area contributed by atoms with E-state index in [1.54, 1.807) is 6.26 Å². The molecule has 0 spiro atoms. The lowest BCUT2D eigenvalue weighted by molar-refractivity contribution is 0.343. The maximum atomic E-state index is 5.91. The van der Waals surface area contributed by atoms with Crippen molar-refractivity contribution in [1.82, 2.24) is 5.43 Å². The van der Waals surface area contributed by atoms with Gasteiger partial charge in [0.05, 0.1) is 12.3 Å². The Labute approximate surface area is 89.6 Å². The van der Waals surface area contributed by atoms with Crippen molar-refractivity contribution in [3.05, 3.63) is 23.1 Å². The van der Waals surface area contributed by atoms with Crippen LogP contribution < -0.4 is 11.3 Å². The van der Waals surface area contributed by atoms with Crippen LogP contribution in [0.1, 0.15) is 38.3 Å². The first-order valence-electron chi connectivity index (χ1n) is 4.93. The van der Waals surface area contributed by atoms with E-state index in [4.69, 9.17) is 21.9 Å². The van der Waals surface area contributed by atoms with Gasteiger partial charge >= 0.3 is 0 Å². The maximum absolute atomic E-state index is 5.91. The number of furan rings is 1. The second-order valence-electron chi connectivity index (χ2n) is 3.37. The molecule has 14 heavy (non-hydrogen) atoms. The van der Waals surface area contributed by atoms with E-state index in [1.165, 1.54) is 0 Å². The lowest BCUT2D eigenvalue weighted by Crippen LogP contribution is -2.33. The highest BCUT2D eigenvalue weighted by molar-refractivity contribution is 6.29. The number of hydrazine groups is 1. The Bertz CT molecular complexity index is 271. The molecule has 0 fully saturated rings. The quantitative estimate of drug-likeness (QED) is 0.588. The fourth-order valence-electron chi connectivity index (χ4n) is 1.77. The summed E-state index contributed by atoms with van der Waals surface area (Å²) in [5, 5.41) is 0.430. The van der Waals surface area contributed by atoms with Crippen molar-refractivity contribution < 1.29 is 4.42 Å². The van der Waals surface area contributed by atoms with Crippen LogP contribution in [0.2, 0.25) is 5.22 Å². The van der Waals surface area contributed by atoms with Crippen LogP contribution in [0.5, 0.6) is 0 Å². The van der Waals surface area contributed by atoms with E-state index in [2.05, 4.69) is 19.3 Å². The highest BCUT2D eigenvalue weighted by atomic mass is 35.5. The van der Waals surface area contributed by atoms with Gasteiger partial charge in [-0.05, 0) is 23.6 Å². The topological polar surface area (TPSA) is 51.2 Å². The third-order valence-corrected chi connectivity index (χ3v) is 2.99. The van der Waals surface area contributed by atoms with E-state index >= 15 is 0 Å². The smallest absolute Gasteiger partial charge is 0.197 e. The standard InChI is InChI=1S/C10H17ClN2O/c1-3-7(4-2)9(13-12)8-5-6-14-10(8)11/h5-7,9,13H,3-4,12H2,1-2H3. The first-order valence-corrected chi connectivity index (χ1v) is 5.31. The van der Waals surface area contributed by atoms with Gasteiger partial charge in [-0.15, -0.1) is 0 Å². The molecule has 1 aromatic heterocycles. The molecule has 1 rings (SSSR count). The average molecular weight is 217 g/mol. The first-order chi connectivity index (χ1) is 6.74. The van der Waals surface area contributed by atoms with Gasteiger partial charge in [0.2, 0.25) is 0 Å². The number of hydrogen-bond donors (Lipinski definition) is 2. The first kappa shape index (κ1) is 11.6. The van der Waals surface area contributed by atoms with Crippen molar-refractivity contribution in [3.63, 3.8) is 0 Å². The summed E-state index contributed by atoms with van der Waals surface area (Å²) in [6, 6.07) is 1.95. The van der Waals surface area contributed by atoms with Gasteiger partial charge in [0.1, 0.15) is 0 Å². The maximum Gasteiger partial charge on any atom is 0.197 e. The van der Waals surface area contributed by atoms with Crippen molar-refractivity contribution in [2.75, 3.05) is 0 Å². The molecule has 3 nitrogen and oxygen atoms in total. The van der Waals surface area contributed by atoms with Crippen LogP contribution in [0.15, 0.2) is 16.7 Å². The van der Waals surface area contributed by atoms with E-state index in [0.717, 1.165) is 18.4 Å². The van der Waals surface area contributed by atoms with Gasteiger partial charge in [0.25, 0.3) is 0 Å². The minimum Gasteiger partial charge on any atom is -0.453 e. The van der Waals surface area contributed by atoms with Crippen molar-refractivity contribution in [2.45, 2.75) is 32.7 Å². The summed E-state index contributed by atoms with van der Waals surface area (Å²) in [7, 11) is 0. The predicted molar refractivity (Wildman–Crippen MR) is 57.9 cm³/mol. The fraction of sp³-hybridized carbons (Fsp3) is 0.600. The summed E-state index contributed by atoms with van der Waals surface area (Å²) >= 11 is 5.91. The summed E-state index contributed by atoms with van der Waals surface area (Å²) in [5.74, 6) is 6.02. The molecule has 0 bridgehead atoms. The normalized spacial score (nSPS) is 13.5. The van der Waals surface area contributed by atoms with Crippen molar-refractivity contribution >= 4 is 11.6 Å². The molecule has 0 aliphatic carbocycles. The monoisotopic (exact) mass is 216 g/mol. The summed E-state index contributed by atoms with van der Waals surface area (Å²) < 4.78 is 5.06. The van der Waals surface area contributed by atoms with Gasteiger partial charge in [0, 0.05) is 5.56 Å². The van der Waals surface area contributed by atoms with E-state index < -0.39 is 0 Å². The zero-order chi connectivity index (χ0) is 10.6. The van der Waals surface area contributed by atoms with Crippen LogP contribution in [-0.4, -0.2) is 0 Å². The molecule has 1 aromatic rings. The minimum atomic E-state index is 0.0799. The number of hydrogen-bond acceptors (Lipinski definition) is 3. The van der Waals surface area contributed by atoms with E-state index in [0.29, 0.717) is 11.1 Å². The summed E-state index contributed by atoms with van der Waals surface area (Å²) in [6.07, 6.45) is 3.71. The molecule has 1 unspecified atom stereocenters. The zero-order valence-electron chi connectivity index (χ0n) is 8.59. The van der Waals surface area contributed by atoms with Gasteiger partial charge in [0.15, 0.2) is 5.22 Å². The van der Waals surface area contributed by atoms with Crippen LogP contribution >= 0.6 is 11.6 Å². The van der Waals surface area contributed by atoms with Crippen molar-refractivity contribution in [2.24, 2.45) is 11.8 Å². The lowest BCUT2D eigenvalue weighted by atomic mass is 9.91. The summed E-state index contributed by atoms with van der Waals surface area (Å²) in [5.41, 5.74) is 3.75. The molecule has 4 heteroatoms. The molecular weight excluding hydrogens is 200 g/mol. The number of nitrogens with two attached hydrogens (primary N) is 1. The SMILES string of the molecule is CCC(CC)C(NN)c1ccoc1Cl. The van der Waals surface area contributed by atoms with Gasteiger partial charge in [-0.3, -0.25) is 11.3 Å². The molecule has 0 saturated heterocycles. The Balaban J connectivity index is 2.86. The van der Waals surface area contributed by atoms with Crippen LogP contribution in [0.4, 0.5) is 0 Å². The summed E-state index contributed by atoms with van der Waals surface area (Å²) in [4.78, 5) is 0. The molecule has 0 aliphatic rings. The average Bonchev–Trinajstić information content (AvgIpc) is 2.61. The van der Waals surface area contributed by atoms with Gasteiger partial charge in [-0.2, -0.15) is 0 Å². The van der Waals surface area contributed by atoms with Crippen LogP contribution in [0.3, 0.4) is 0 Å². The molecule has 1 atom stereocenters. The zero-order valence-corrected chi connectivity index (χ0v) is 9.34. The lowest BCUT2D eigenvalue weighted by Gasteiger charge is -2.23. The van der Waals surface area contributed by atoms with E-state index in [9.17, 15) is 0 Å². The molecular formula is C10H17ClN2O. The Hall–Kier alpha value is -0.510. The molecule has 0 aromatic carbocycles. The van der Waals surface area contributed by atoms with Crippen molar-refractivity contribution in [1.29, 1.82) is 0 Å². The Morgan fingerprint density at radius 1 is 1.50 bits per heavy atom. The molecule has 3 N–H and O–H groups in total. The van der Waals surface area contributed by atoms with Gasteiger partial charge in [-0.1, -0.05) is 26.7 Å². The Kier molecular flexibility index (Phi) is 4.45. The minimum absolute atomic E-state index is 0.0799. The molecule has 0 saturated carbocycles. The van der Waals surface area contributed by atoms with Crippen LogP contribution in [-0.2, 0) is 0 Å². The Morgan fingerprint density at radius 3 is 2.50 bits per heavy atom. The second-order valence-corrected chi connectivity index (χ2v) is 3.71. The third kappa shape index (κ3) is 2.29. The largest absolute Gasteiger partial charge is 0.453 e. The predicted octanol–water partition coefficient (Wildman–Crippen LogP) is 2.87. The molecule has 1 heterocycles. The molecule has 0 radical (unpaired) electrons. The number of rotatable bonds is 5. The Morgan fingerprint density at radius 2 is 2.14 bits per heavy atom. The molecule has 80 valence electrons. The number of nitrogens with one attached hydrogen (secondary N) is 1. The summed E-state index contributed by atoms with van der Waals surface area (Å²) in [6.45, 7) is 4.29. The second kappa shape index (κ2) is 5.39. The van der Waals surface area contributed by atoms with E-state index in [-0.39, 0.29) is 6.04 Å².